The number of carbonyl (C=O) groups excluding carboxylic acids is 1. The van der Waals surface area contributed by atoms with E-state index in [0.717, 1.165) is 27.0 Å². The number of halogens is 1. The Morgan fingerprint density at radius 2 is 2.08 bits per heavy atom. The first-order chi connectivity index (χ1) is 12.6. The van der Waals surface area contributed by atoms with Gasteiger partial charge in [0.05, 0.1) is 22.0 Å². The monoisotopic (exact) mass is 382 g/mol. The Kier molecular flexibility index (Phi) is 4.53. The van der Waals surface area contributed by atoms with Crippen molar-refractivity contribution in [2.24, 2.45) is 0 Å². The van der Waals surface area contributed by atoms with Crippen LogP contribution in [0.1, 0.15) is 5.56 Å². The van der Waals surface area contributed by atoms with Crippen LogP contribution in [0.3, 0.4) is 0 Å². The van der Waals surface area contributed by atoms with E-state index in [0.29, 0.717) is 10.7 Å². The standard InChI is InChI=1S/C19H15ClN4OS/c1-11-6-7-14-12(8-11)17-18(24-14)19(22-10-21-17)26-9-16(25)23-15-5-3-2-4-13(15)20/h2-8,10,24H,9H2,1H3,(H,23,25). The number of benzene rings is 2. The molecule has 7 heteroatoms. The summed E-state index contributed by atoms with van der Waals surface area (Å²) in [6, 6.07) is 13.3. The normalized spacial score (nSPS) is 11.2. The molecule has 0 saturated heterocycles. The first kappa shape index (κ1) is 16.9. The van der Waals surface area contributed by atoms with Crippen LogP contribution in [0, 0.1) is 6.92 Å². The van der Waals surface area contributed by atoms with Crippen molar-refractivity contribution in [3.8, 4) is 0 Å². The van der Waals surface area contributed by atoms with Crippen molar-refractivity contribution < 1.29 is 4.79 Å². The summed E-state index contributed by atoms with van der Waals surface area (Å²) in [5.74, 6) is 0.0907. The number of rotatable bonds is 4. The summed E-state index contributed by atoms with van der Waals surface area (Å²) in [5, 5.41) is 5.14. The van der Waals surface area contributed by atoms with Crippen LogP contribution in [0.15, 0.2) is 53.8 Å². The Labute approximate surface area is 159 Å². The minimum atomic E-state index is -0.137. The van der Waals surface area contributed by atoms with Crippen molar-refractivity contribution in [1.29, 1.82) is 0 Å². The van der Waals surface area contributed by atoms with E-state index in [1.807, 2.05) is 25.1 Å². The van der Waals surface area contributed by atoms with Gasteiger partial charge in [-0.05, 0) is 31.2 Å². The van der Waals surface area contributed by atoms with Crippen molar-refractivity contribution in [2.45, 2.75) is 11.9 Å². The Balaban J connectivity index is 1.57. The highest BCUT2D eigenvalue weighted by molar-refractivity contribution is 8.00. The van der Waals surface area contributed by atoms with Gasteiger partial charge >= 0.3 is 0 Å². The molecule has 4 aromatic rings. The molecule has 0 bridgehead atoms. The Morgan fingerprint density at radius 3 is 2.92 bits per heavy atom. The molecule has 0 spiro atoms. The van der Waals surface area contributed by atoms with Gasteiger partial charge in [-0.25, -0.2) is 9.97 Å². The van der Waals surface area contributed by atoms with E-state index in [4.69, 9.17) is 11.6 Å². The van der Waals surface area contributed by atoms with Crippen molar-refractivity contribution in [1.82, 2.24) is 15.0 Å². The number of hydrogen-bond donors (Lipinski definition) is 2. The van der Waals surface area contributed by atoms with Gasteiger partial charge in [-0.15, -0.1) is 0 Å². The third-order valence-electron chi connectivity index (χ3n) is 3.99. The summed E-state index contributed by atoms with van der Waals surface area (Å²) in [7, 11) is 0. The maximum absolute atomic E-state index is 12.2. The summed E-state index contributed by atoms with van der Waals surface area (Å²) in [6.07, 6.45) is 1.53. The maximum atomic E-state index is 12.2. The van der Waals surface area contributed by atoms with Gasteiger partial charge in [0.1, 0.15) is 16.9 Å². The van der Waals surface area contributed by atoms with Crippen molar-refractivity contribution in [3.63, 3.8) is 0 Å². The maximum Gasteiger partial charge on any atom is 0.234 e. The van der Waals surface area contributed by atoms with Crippen LogP contribution in [0.25, 0.3) is 21.9 Å². The largest absolute Gasteiger partial charge is 0.351 e. The zero-order chi connectivity index (χ0) is 18.1. The molecule has 0 aliphatic rings. The van der Waals surface area contributed by atoms with Gasteiger partial charge in [0.15, 0.2) is 0 Å². The minimum absolute atomic E-state index is 0.137. The molecular weight excluding hydrogens is 368 g/mol. The number of H-pyrrole nitrogens is 1. The molecule has 2 aromatic heterocycles. The van der Waals surface area contributed by atoms with E-state index in [1.165, 1.54) is 23.7 Å². The molecule has 4 rings (SSSR count). The summed E-state index contributed by atoms with van der Waals surface area (Å²) >= 11 is 7.44. The molecule has 1 amide bonds. The lowest BCUT2D eigenvalue weighted by atomic mass is 10.2. The second-order valence-corrected chi connectivity index (χ2v) is 7.26. The average molecular weight is 383 g/mol. The van der Waals surface area contributed by atoms with E-state index in [2.05, 4.69) is 32.4 Å². The highest BCUT2D eigenvalue weighted by Gasteiger charge is 2.13. The zero-order valence-electron chi connectivity index (χ0n) is 13.9. The number of aromatic amines is 1. The van der Waals surface area contributed by atoms with Crippen molar-refractivity contribution in [3.05, 3.63) is 59.4 Å². The van der Waals surface area contributed by atoms with Crippen LogP contribution in [0.5, 0.6) is 0 Å². The first-order valence-corrected chi connectivity index (χ1v) is 9.38. The number of amides is 1. The molecule has 2 N–H and O–H groups in total. The molecule has 130 valence electrons. The lowest BCUT2D eigenvalue weighted by Crippen LogP contribution is -2.14. The minimum Gasteiger partial charge on any atom is -0.351 e. The molecule has 0 saturated carbocycles. The van der Waals surface area contributed by atoms with Gasteiger partial charge in [-0.2, -0.15) is 0 Å². The third-order valence-corrected chi connectivity index (χ3v) is 5.31. The van der Waals surface area contributed by atoms with Gasteiger partial charge < -0.3 is 10.3 Å². The van der Waals surface area contributed by atoms with Crippen LogP contribution in [0.4, 0.5) is 5.69 Å². The summed E-state index contributed by atoms with van der Waals surface area (Å²) in [6.45, 7) is 2.05. The van der Waals surface area contributed by atoms with E-state index in [1.54, 1.807) is 12.1 Å². The van der Waals surface area contributed by atoms with Gasteiger partial charge in [0, 0.05) is 10.9 Å². The Morgan fingerprint density at radius 1 is 1.23 bits per heavy atom. The number of hydrogen-bond acceptors (Lipinski definition) is 4. The number of nitrogens with zero attached hydrogens (tertiary/aromatic N) is 2. The predicted molar refractivity (Wildman–Crippen MR) is 107 cm³/mol. The van der Waals surface area contributed by atoms with Crippen LogP contribution in [0.2, 0.25) is 5.02 Å². The molecule has 2 aromatic carbocycles. The molecule has 2 heterocycles. The highest BCUT2D eigenvalue weighted by Crippen LogP contribution is 2.30. The first-order valence-electron chi connectivity index (χ1n) is 8.02. The second-order valence-electron chi connectivity index (χ2n) is 5.89. The number of nitrogens with one attached hydrogen (secondary N) is 2. The lowest BCUT2D eigenvalue weighted by molar-refractivity contribution is -0.113. The van der Waals surface area contributed by atoms with Crippen LogP contribution in [-0.2, 0) is 4.79 Å². The molecule has 0 fully saturated rings. The van der Waals surface area contributed by atoms with Crippen LogP contribution < -0.4 is 5.32 Å². The number of aryl methyl sites for hydroxylation is 1. The highest BCUT2D eigenvalue weighted by atomic mass is 35.5. The topological polar surface area (TPSA) is 70.7 Å². The van der Waals surface area contributed by atoms with E-state index < -0.39 is 0 Å². The fourth-order valence-corrected chi connectivity index (χ4v) is 3.71. The SMILES string of the molecule is Cc1ccc2[nH]c3c(SCC(=O)Nc4ccccc4Cl)ncnc3c2c1. The van der Waals surface area contributed by atoms with Crippen molar-refractivity contribution in [2.75, 3.05) is 11.1 Å². The molecule has 0 aliphatic heterocycles. The fourth-order valence-electron chi connectivity index (χ4n) is 2.78. The van der Waals surface area contributed by atoms with Gasteiger partial charge in [0.25, 0.3) is 0 Å². The number of aromatic nitrogens is 3. The summed E-state index contributed by atoms with van der Waals surface area (Å²) < 4.78 is 0. The molecular formula is C19H15ClN4OS. The fraction of sp³-hybridized carbons (Fsp3) is 0.105. The Bertz CT molecular complexity index is 1130. The van der Waals surface area contributed by atoms with E-state index >= 15 is 0 Å². The smallest absolute Gasteiger partial charge is 0.234 e. The van der Waals surface area contributed by atoms with E-state index in [9.17, 15) is 4.79 Å². The summed E-state index contributed by atoms with van der Waals surface area (Å²) in [4.78, 5) is 24.3. The number of carbonyl (C=O) groups is 1. The number of para-hydroxylation sites is 1. The molecule has 0 radical (unpaired) electrons. The Hall–Kier alpha value is -2.57. The lowest BCUT2D eigenvalue weighted by Gasteiger charge is -2.06. The number of anilines is 1. The van der Waals surface area contributed by atoms with Crippen LogP contribution >= 0.6 is 23.4 Å². The predicted octanol–water partition coefficient (Wildman–Crippen LogP) is 4.80. The van der Waals surface area contributed by atoms with E-state index in [-0.39, 0.29) is 11.7 Å². The average Bonchev–Trinajstić information content (AvgIpc) is 3.00. The quantitative estimate of drug-likeness (QED) is 0.392. The van der Waals surface area contributed by atoms with Crippen molar-refractivity contribution >= 4 is 56.9 Å². The molecule has 0 unspecified atom stereocenters. The molecule has 5 nitrogen and oxygen atoms in total. The molecule has 0 aliphatic carbocycles. The number of fused-ring (bicyclic) bond motifs is 3. The van der Waals surface area contributed by atoms with Gasteiger partial charge in [0.2, 0.25) is 5.91 Å². The third kappa shape index (κ3) is 3.25. The van der Waals surface area contributed by atoms with Gasteiger partial charge in [-0.1, -0.05) is 47.1 Å². The van der Waals surface area contributed by atoms with Crippen LogP contribution in [-0.4, -0.2) is 26.6 Å². The summed E-state index contributed by atoms with van der Waals surface area (Å²) in [5.41, 5.74) is 4.50. The number of thioether (sulfide) groups is 1. The van der Waals surface area contributed by atoms with Gasteiger partial charge in [-0.3, -0.25) is 4.79 Å². The molecule has 26 heavy (non-hydrogen) atoms. The second kappa shape index (κ2) is 6.97. The zero-order valence-corrected chi connectivity index (χ0v) is 15.5. The molecule has 0 atom stereocenters.